The van der Waals surface area contributed by atoms with E-state index in [2.05, 4.69) is 18.2 Å². The third-order valence-corrected chi connectivity index (χ3v) is 2.40. The SMILES string of the molecule is COc1ccccc1-c1cc[n+](C)cc1. The van der Waals surface area contributed by atoms with E-state index in [-0.39, 0.29) is 0 Å². The van der Waals surface area contributed by atoms with Gasteiger partial charge >= 0.3 is 0 Å². The molecule has 0 aliphatic carbocycles. The summed E-state index contributed by atoms with van der Waals surface area (Å²) in [5, 5.41) is 0. The van der Waals surface area contributed by atoms with Crippen LogP contribution in [0.2, 0.25) is 0 Å². The molecular formula is C13H14NO+. The largest absolute Gasteiger partial charge is 0.496 e. The minimum absolute atomic E-state index is 0.909. The zero-order chi connectivity index (χ0) is 10.7. The van der Waals surface area contributed by atoms with Gasteiger partial charge in [-0.05, 0) is 11.6 Å². The van der Waals surface area contributed by atoms with Crippen molar-refractivity contribution in [2.75, 3.05) is 7.11 Å². The molecule has 0 radical (unpaired) electrons. The van der Waals surface area contributed by atoms with Crippen molar-refractivity contribution in [1.82, 2.24) is 0 Å². The van der Waals surface area contributed by atoms with Crippen LogP contribution < -0.4 is 9.30 Å². The van der Waals surface area contributed by atoms with Gasteiger partial charge in [0.1, 0.15) is 12.8 Å². The molecule has 2 nitrogen and oxygen atoms in total. The molecule has 0 bridgehead atoms. The van der Waals surface area contributed by atoms with Crippen LogP contribution in [0.3, 0.4) is 0 Å². The maximum absolute atomic E-state index is 5.32. The quantitative estimate of drug-likeness (QED) is 0.677. The van der Waals surface area contributed by atoms with Crippen molar-refractivity contribution in [2.24, 2.45) is 7.05 Å². The summed E-state index contributed by atoms with van der Waals surface area (Å²) in [5.41, 5.74) is 2.30. The van der Waals surface area contributed by atoms with E-state index >= 15 is 0 Å². The van der Waals surface area contributed by atoms with Gasteiger partial charge in [0.05, 0.1) is 7.11 Å². The first-order valence-corrected chi connectivity index (χ1v) is 4.90. The standard InChI is InChI=1S/C13H14NO/c1-14-9-7-11(8-10-14)12-5-3-4-6-13(12)15-2/h3-10H,1-2H3/q+1. The Morgan fingerprint density at radius 1 is 1.00 bits per heavy atom. The number of aromatic nitrogens is 1. The molecule has 2 rings (SSSR count). The van der Waals surface area contributed by atoms with E-state index in [1.165, 1.54) is 5.56 Å². The van der Waals surface area contributed by atoms with Crippen molar-refractivity contribution in [3.05, 3.63) is 48.8 Å². The van der Waals surface area contributed by atoms with Gasteiger partial charge in [0, 0.05) is 17.7 Å². The molecule has 0 saturated carbocycles. The summed E-state index contributed by atoms with van der Waals surface area (Å²) in [5.74, 6) is 0.909. The van der Waals surface area contributed by atoms with Gasteiger partial charge in [-0.3, -0.25) is 0 Å². The van der Waals surface area contributed by atoms with E-state index in [9.17, 15) is 0 Å². The van der Waals surface area contributed by atoms with Gasteiger partial charge in [-0.15, -0.1) is 0 Å². The second-order valence-corrected chi connectivity index (χ2v) is 3.45. The molecule has 0 spiro atoms. The van der Waals surface area contributed by atoms with Crippen molar-refractivity contribution < 1.29 is 9.30 Å². The lowest BCUT2D eigenvalue weighted by Crippen LogP contribution is -2.25. The Kier molecular flexibility index (Phi) is 2.68. The Bertz CT molecular complexity index is 448. The first-order valence-electron chi connectivity index (χ1n) is 4.90. The van der Waals surface area contributed by atoms with Gasteiger partial charge in [0.15, 0.2) is 12.4 Å². The Hall–Kier alpha value is -1.83. The lowest BCUT2D eigenvalue weighted by molar-refractivity contribution is -0.671. The van der Waals surface area contributed by atoms with Crippen LogP contribution in [0.15, 0.2) is 48.8 Å². The highest BCUT2D eigenvalue weighted by molar-refractivity contribution is 5.69. The predicted octanol–water partition coefficient (Wildman–Crippen LogP) is 2.19. The molecule has 15 heavy (non-hydrogen) atoms. The topological polar surface area (TPSA) is 13.1 Å². The summed E-state index contributed by atoms with van der Waals surface area (Å²) >= 11 is 0. The highest BCUT2D eigenvalue weighted by Gasteiger charge is 2.05. The number of nitrogens with zero attached hydrogens (tertiary/aromatic N) is 1. The highest BCUT2D eigenvalue weighted by Crippen LogP contribution is 2.28. The maximum Gasteiger partial charge on any atom is 0.169 e. The minimum Gasteiger partial charge on any atom is -0.496 e. The molecule has 0 aliphatic rings. The first-order chi connectivity index (χ1) is 7.31. The van der Waals surface area contributed by atoms with Crippen LogP contribution in [-0.2, 0) is 7.05 Å². The summed E-state index contributed by atoms with van der Waals surface area (Å²) in [6, 6.07) is 12.2. The van der Waals surface area contributed by atoms with E-state index in [1.807, 2.05) is 42.2 Å². The van der Waals surface area contributed by atoms with Crippen LogP contribution in [0.1, 0.15) is 0 Å². The molecular weight excluding hydrogens is 186 g/mol. The van der Waals surface area contributed by atoms with Gasteiger partial charge < -0.3 is 4.74 Å². The highest BCUT2D eigenvalue weighted by atomic mass is 16.5. The normalized spacial score (nSPS) is 10.0. The Morgan fingerprint density at radius 3 is 2.33 bits per heavy atom. The average molecular weight is 200 g/mol. The first kappa shape index (κ1) is 9.71. The van der Waals surface area contributed by atoms with Crippen LogP contribution >= 0.6 is 0 Å². The third-order valence-electron chi connectivity index (χ3n) is 2.40. The third kappa shape index (κ3) is 1.99. The van der Waals surface area contributed by atoms with Crippen LogP contribution in [0.5, 0.6) is 5.75 Å². The Labute approximate surface area is 89.8 Å². The summed E-state index contributed by atoms with van der Waals surface area (Å²) in [4.78, 5) is 0. The van der Waals surface area contributed by atoms with E-state index < -0.39 is 0 Å². The molecule has 0 amide bonds. The number of hydrogen-bond acceptors (Lipinski definition) is 1. The van der Waals surface area contributed by atoms with E-state index in [0.717, 1.165) is 11.3 Å². The molecule has 1 aromatic heterocycles. The van der Waals surface area contributed by atoms with Gasteiger partial charge in [0.25, 0.3) is 0 Å². The summed E-state index contributed by atoms with van der Waals surface area (Å²) < 4.78 is 7.34. The van der Waals surface area contributed by atoms with Crippen molar-refractivity contribution in [2.45, 2.75) is 0 Å². The molecule has 0 N–H and O–H groups in total. The fourth-order valence-electron chi connectivity index (χ4n) is 1.56. The molecule has 0 fully saturated rings. The molecule has 0 saturated heterocycles. The number of rotatable bonds is 2. The summed E-state index contributed by atoms with van der Waals surface area (Å²) in [6.07, 6.45) is 4.06. The number of hydrogen-bond donors (Lipinski definition) is 0. The van der Waals surface area contributed by atoms with Crippen LogP contribution in [0, 0.1) is 0 Å². The van der Waals surface area contributed by atoms with Crippen LogP contribution in [0.4, 0.5) is 0 Å². The van der Waals surface area contributed by atoms with Gasteiger partial charge in [0.2, 0.25) is 0 Å². The zero-order valence-electron chi connectivity index (χ0n) is 8.97. The average Bonchev–Trinajstić information content (AvgIpc) is 2.30. The number of benzene rings is 1. The smallest absolute Gasteiger partial charge is 0.169 e. The summed E-state index contributed by atoms with van der Waals surface area (Å²) in [6.45, 7) is 0. The number of pyridine rings is 1. The number of para-hydroxylation sites is 1. The molecule has 2 heteroatoms. The fourth-order valence-corrected chi connectivity index (χ4v) is 1.56. The van der Waals surface area contributed by atoms with Crippen molar-refractivity contribution in [1.29, 1.82) is 0 Å². The number of ether oxygens (including phenoxy) is 1. The maximum atomic E-state index is 5.32. The lowest BCUT2D eigenvalue weighted by Gasteiger charge is -2.06. The van der Waals surface area contributed by atoms with Crippen molar-refractivity contribution >= 4 is 0 Å². The monoisotopic (exact) mass is 200 g/mol. The molecule has 76 valence electrons. The number of aryl methyl sites for hydroxylation is 1. The lowest BCUT2D eigenvalue weighted by atomic mass is 10.1. The van der Waals surface area contributed by atoms with Crippen LogP contribution in [-0.4, -0.2) is 7.11 Å². The Morgan fingerprint density at radius 2 is 1.67 bits per heavy atom. The molecule has 2 aromatic rings. The second kappa shape index (κ2) is 4.13. The summed E-state index contributed by atoms with van der Waals surface area (Å²) in [7, 11) is 3.70. The van der Waals surface area contributed by atoms with Gasteiger partial charge in [-0.25, -0.2) is 4.57 Å². The number of methoxy groups -OCH3 is 1. The van der Waals surface area contributed by atoms with Crippen molar-refractivity contribution in [3.63, 3.8) is 0 Å². The molecule has 1 aromatic carbocycles. The minimum atomic E-state index is 0.909. The fraction of sp³-hybridized carbons (Fsp3) is 0.154. The van der Waals surface area contributed by atoms with Gasteiger partial charge in [-0.1, -0.05) is 18.2 Å². The molecule has 1 heterocycles. The predicted molar refractivity (Wildman–Crippen MR) is 59.6 cm³/mol. The van der Waals surface area contributed by atoms with Gasteiger partial charge in [-0.2, -0.15) is 0 Å². The zero-order valence-corrected chi connectivity index (χ0v) is 8.97. The molecule has 0 aliphatic heterocycles. The van der Waals surface area contributed by atoms with E-state index in [1.54, 1.807) is 7.11 Å². The second-order valence-electron chi connectivity index (χ2n) is 3.45. The Balaban J connectivity index is 2.49. The molecule has 0 unspecified atom stereocenters. The molecule has 0 atom stereocenters. The van der Waals surface area contributed by atoms with E-state index in [0.29, 0.717) is 0 Å². The van der Waals surface area contributed by atoms with E-state index in [4.69, 9.17) is 4.74 Å². The van der Waals surface area contributed by atoms with Crippen LogP contribution in [0.25, 0.3) is 11.1 Å². The van der Waals surface area contributed by atoms with Crippen molar-refractivity contribution in [3.8, 4) is 16.9 Å².